The number of hydrogen-bond donors (Lipinski definition) is 7. The quantitative estimate of drug-likeness (QED) is 0.0174. The minimum absolute atomic E-state index is 0.00229. The predicted molar refractivity (Wildman–Crippen MR) is 546 cm³/mol. The Balaban J connectivity index is 1.12. The van der Waals surface area contributed by atoms with Crippen LogP contribution in [0.4, 0.5) is 0 Å². The first-order valence-corrected chi connectivity index (χ1v) is 49.2. The molecule has 762 valence electrons. The van der Waals surface area contributed by atoms with Crippen LogP contribution in [0.5, 0.6) is 0 Å². The zero-order valence-corrected chi connectivity index (χ0v) is 83.5. The molecular formula is C109H146N18O15. The van der Waals surface area contributed by atoms with Crippen LogP contribution in [-0.4, -0.2) is 284 Å². The second kappa shape index (κ2) is 59.0. The molecule has 0 bridgehead atoms. The number of rotatable bonds is 60. The van der Waals surface area contributed by atoms with Gasteiger partial charge in [0.1, 0.15) is 51.9 Å². The van der Waals surface area contributed by atoms with Crippen molar-refractivity contribution in [3.05, 3.63) is 287 Å². The summed E-state index contributed by atoms with van der Waals surface area (Å²) in [7, 11) is 0. The number of carboxylic acids is 1. The SMILES string of the molecule is C[C@@H](c1ccccc1)N(CC(N)=O)C(=O)CN(C(=O)CN(CCCCN)C(=O)CN(C(=O)CN(C(=O)CN(CCCCN)C(=O)CN(C(=O)CN(C(=O)CN(CCCCN)C(=O)CN(C(=O)CN(C(=O)CN(CCCCN)C(=O)CC[C@H](N)C(=O)O)[C@@H](C)c1ccccc1)[C@@H](C)c1ccccc1)[C@@H](C)c1ccccc1)[C@@H](C)c1ccccc1)[C@@H](C)c1ccccc1)[C@@H](C)c1ccccc1)[C@@H](C)c1ccccc1. The van der Waals surface area contributed by atoms with E-state index in [-0.39, 0.29) is 65.1 Å². The van der Waals surface area contributed by atoms with Gasteiger partial charge < -0.3 is 98.3 Å². The second-order valence-corrected chi connectivity index (χ2v) is 36.1. The number of primary amides is 1. The highest BCUT2D eigenvalue weighted by molar-refractivity contribution is 5.96. The van der Waals surface area contributed by atoms with Crippen LogP contribution in [0.1, 0.15) is 212 Å². The molecular weight excluding hydrogens is 1800 g/mol. The first-order chi connectivity index (χ1) is 68.2. The number of carbonyl (C=O) groups excluding carboxylic acids is 13. The number of unbranched alkanes of at least 4 members (excludes halogenated alkanes) is 4. The molecule has 0 saturated heterocycles. The van der Waals surface area contributed by atoms with Crippen molar-refractivity contribution in [2.75, 3.05) is 131 Å². The van der Waals surface area contributed by atoms with Gasteiger partial charge in [0.25, 0.3) is 0 Å². The van der Waals surface area contributed by atoms with Crippen molar-refractivity contribution < 1.29 is 72.2 Å². The van der Waals surface area contributed by atoms with Gasteiger partial charge in [0, 0.05) is 32.6 Å². The highest BCUT2D eigenvalue weighted by Crippen LogP contribution is 2.32. The van der Waals surface area contributed by atoms with E-state index < -0.39 is 216 Å². The van der Waals surface area contributed by atoms with E-state index in [4.69, 9.17) is 34.4 Å². The fourth-order valence-corrected chi connectivity index (χ4v) is 17.2. The molecule has 0 spiro atoms. The molecule has 0 aliphatic carbocycles. The Hall–Kier alpha value is -13.9. The van der Waals surface area contributed by atoms with Crippen molar-refractivity contribution in [2.24, 2.45) is 34.4 Å². The van der Waals surface area contributed by atoms with Crippen LogP contribution in [0.2, 0.25) is 0 Å². The number of nitrogens with two attached hydrogens (primary N) is 6. The fraction of sp³-hybridized carbons (Fsp3) is 0.431. The number of aliphatic carboxylic acids is 1. The molecule has 13 amide bonds. The van der Waals surface area contributed by atoms with Crippen LogP contribution in [0.15, 0.2) is 243 Å². The summed E-state index contributed by atoms with van der Waals surface area (Å²) in [5.41, 5.74) is 40.9. The summed E-state index contributed by atoms with van der Waals surface area (Å²) >= 11 is 0. The highest BCUT2D eigenvalue weighted by Gasteiger charge is 2.40. The molecule has 142 heavy (non-hydrogen) atoms. The van der Waals surface area contributed by atoms with Crippen LogP contribution < -0.4 is 34.4 Å². The third kappa shape index (κ3) is 34.5. The molecule has 0 aromatic heterocycles. The monoisotopic (exact) mass is 1950 g/mol. The van der Waals surface area contributed by atoms with Gasteiger partial charge in [0.15, 0.2) is 0 Å². The van der Waals surface area contributed by atoms with E-state index in [1.54, 1.807) is 262 Å². The molecule has 8 rings (SSSR count). The maximum atomic E-state index is 16.1. The number of benzene rings is 8. The molecule has 33 heteroatoms. The average Bonchev–Trinajstić information content (AvgIpc) is 0.792. The van der Waals surface area contributed by atoms with Gasteiger partial charge in [0.2, 0.25) is 76.8 Å². The Morgan fingerprint density at radius 1 is 0.225 bits per heavy atom. The van der Waals surface area contributed by atoms with Crippen molar-refractivity contribution in [1.82, 2.24) is 58.8 Å². The third-order valence-corrected chi connectivity index (χ3v) is 26.3. The summed E-state index contributed by atoms with van der Waals surface area (Å²) in [6.45, 7) is 7.72. The second-order valence-electron chi connectivity index (χ2n) is 36.1. The average molecular weight is 1950 g/mol. The lowest BCUT2D eigenvalue weighted by Gasteiger charge is -2.38. The normalized spacial score (nSPS) is 13.0. The van der Waals surface area contributed by atoms with Gasteiger partial charge >= 0.3 is 5.97 Å². The maximum Gasteiger partial charge on any atom is 0.320 e. The molecule has 0 aliphatic heterocycles. The molecule has 9 atom stereocenters. The van der Waals surface area contributed by atoms with Crippen LogP contribution >= 0.6 is 0 Å². The van der Waals surface area contributed by atoms with Gasteiger partial charge in [0.05, 0.1) is 81.1 Å². The Morgan fingerprint density at radius 3 is 0.542 bits per heavy atom. The van der Waals surface area contributed by atoms with Crippen LogP contribution in [0.3, 0.4) is 0 Å². The number of amides is 13. The fourth-order valence-electron chi connectivity index (χ4n) is 17.2. The zero-order chi connectivity index (χ0) is 103. The van der Waals surface area contributed by atoms with E-state index in [9.17, 15) is 24.3 Å². The first-order valence-electron chi connectivity index (χ1n) is 49.2. The largest absolute Gasteiger partial charge is 0.480 e. The standard InChI is InChI=1S/C109H146N18O15/c1-79(87-41-17-9-18-42-87)120(67-96(115)128)105(137)75-124(83(5)91-49-25-13-26-50-91)102(134)69-117(64-38-34-60-111)98(130)73-122(81(3)89-45-21-11-22-46-89)107(139)77-126(85(7)93-53-29-15-30-54-93)104(136)71-119(66-40-36-62-113)100(132)74-123(82(4)90-47-23-12-24-48-90)108(140)78-127(86(8)94-55-31-16-32-56-94)103(135)70-118(65-39-35-61-112)99(131)72-121(80(2)88-43-19-10-20-44-88)106(138)76-125(84(6)92-51-27-14-28-52-92)101(133)68-116(63-37-33-59-110)97(129)58-57-95(114)109(141)142/h9-32,41-56,79-86,95H,33-40,57-78,110-114H2,1-8H3,(H2,115,128)(H,141,142)/t79-,80-,81-,82-,83-,84-,85-,86-,95-/m0/s1. The lowest BCUT2D eigenvalue weighted by atomic mass is 10.0. The van der Waals surface area contributed by atoms with E-state index >= 15 is 47.9 Å². The summed E-state index contributed by atoms with van der Waals surface area (Å²) in [5.74, 6) is -9.93. The summed E-state index contributed by atoms with van der Waals surface area (Å²) < 4.78 is 0. The highest BCUT2D eigenvalue weighted by atomic mass is 16.4. The smallest absolute Gasteiger partial charge is 0.320 e. The van der Waals surface area contributed by atoms with Crippen molar-refractivity contribution in [2.45, 2.75) is 174 Å². The number of hydrogen-bond acceptors (Lipinski definition) is 19. The van der Waals surface area contributed by atoms with Crippen molar-refractivity contribution in [1.29, 1.82) is 0 Å². The Bertz CT molecular complexity index is 5220. The van der Waals surface area contributed by atoms with Crippen LogP contribution in [-0.2, 0) is 67.1 Å². The minimum atomic E-state index is -1.34. The molecule has 0 fully saturated rings. The molecule has 0 heterocycles. The first kappa shape index (κ1) is 113. The molecule has 13 N–H and O–H groups in total. The van der Waals surface area contributed by atoms with Gasteiger partial charge in [-0.1, -0.05) is 243 Å². The summed E-state index contributed by atoms with van der Waals surface area (Å²) in [5, 5.41) is 9.58. The molecule has 0 saturated carbocycles. The molecule has 33 nitrogen and oxygen atoms in total. The van der Waals surface area contributed by atoms with Crippen molar-refractivity contribution in [3.63, 3.8) is 0 Å². The summed E-state index contributed by atoms with van der Waals surface area (Å²) in [6.07, 6.45) is 2.59. The maximum absolute atomic E-state index is 16.1. The van der Waals surface area contributed by atoms with E-state index in [1.807, 2.05) is 36.4 Å². The van der Waals surface area contributed by atoms with Gasteiger partial charge in [-0.15, -0.1) is 0 Å². The number of carboxylic acid groups (broad SMARTS) is 1. The van der Waals surface area contributed by atoms with Gasteiger partial charge in [-0.05, 0) is 184 Å². The van der Waals surface area contributed by atoms with Crippen LogP contribution in [0.25, 0.3) is 0 Å². The topological polar surface area (TPSA) is 454 Å². The molecule has 0 radical (unpaired) electrons. The molecule has 8 aromatic carbocycles. The lowest BCUT2D eigenvalue weighted by Crippen LogP contribution is -2.54. The van der Waals surface area contributed by atoms with Gasteiger partial charge in [-0.2, -0.15) is 0 Å². The lowest BCUT2D eigenvalue weighted by molar-refractivity contribution is -0.152. The zero-order valence-electron chi connectivity index (χ0n) is 83.5. The minimum Gasteiger partial charge on any atom is -0.480 e. The number of nitrogens with zero attached hydrogens (tertiary/aromatic N) is 12. The third-order valence-electron chi connectivity index (χ3n) is 26.3. The summed E-state index contributed by atoms with van der Waals surface area (Å²) in [4.78, 5) is 227. The Kier molecular flexibility index (Phi) is 47.1. The van der Waals surface area contributed by atoms with Gasteiger partial charge in [-0.25, -0.2) is 0 Å². The number of carbonyl (C=O) groups is 14. The Labute approximate surface area is 835 Å². The van der Waals surface area contributed by atoms with Crippen molar-refractivity contribution in [3.8, 4) is 0 Å². The van der Waals surface area contributed by atoms with Crippen LogP contribution in [0, 0.1) is 0 Å². The molecule has 0 unspecified atom stereocenters. The van der Waals surface area contributed by atoms with E-state index in [2.05, 4.69) is 0 Å². The van der Waals surface area contributed by atoms with Crippen molar-refractivity contribution >= 4 is 82.8 Å². The molecule has 8 aromatic rings. The van der Waals surface area contributed by atoms with Gasteiger partial charge in [-0.3, -0.25) is 67.1 Å². The van der Waals surface area contributed by atoms with E-state index in [0.717, 1.165) is 0 Å². The van der Waals surface area contributed by atoms with E-state index in [0.29, 0.717) is 96.0 Å². The summed E-state index contributed by atoms with van der Waals surface area (Å²) in [6, 6.07) is 63.8. The van der Waals surface area contributed by atoms with E-state index in [1.165, 1.54) is 58.8 Å². The Morgan fingerprint density at radius 2 is 0.380 bits per heavy atom. The molecule has 0 aliphatic rings. The predicted octanol–water partition coefficient (Wildman–Crippen LogP) is 9.65.